The van der Waals surface area contributed by atoms with E-state index in [0.717, 1.165) is 18.7 Å². The van der Waals surface area contributed by atoms with E-state index in [1.54, 1.807) is 21.3 Å². The van der Waals surface area contributed by atoms with Crippen molar-refractivity contribution in [1.82, 2.24) is 10.2 Å². The van der Waals surface area contributed by atoms with Crippen molar-refractivity contribution < 1.29 is 14.3 Å². The topological polar surface area (TPSA) is 50.8 Å². The van der Waals surface area contributed by atoms with Gasteiger partial charge in [-0.15, -0.1) is 0 Å². The Bertz CT molecular complexity index is 201. The van der Waals surface area contributed by atoms with Gasteiger partial charge in [-0.25, -0.2) is 0 Å². The van der Waals surface area contributed by atoms with Crippen LogP contribution in [0.3, 0.4) is 0 Å². The number of hydrogen-bond donors (Lipinski definition) is 1. The van der Waals surface area contributed by atoms with Crippen LogP contribution in [-0.2, 0) is 14.3 Å². The van der Waals surface area contributed by atoms with E-state index in [9.17, 15) is 0 Å². The summed E-state index contributed by atoms with van der Waals surface area (Å²) in [7, 11) is 6.62. The van der Waals surface area contributed by atoms with Crippen LogP contribution < -0.4 is 5.32 Å². The van der Waals surface area contributed by atoms with E-state index in [1.165, 1.54) is 32.2 Å². The predicted molar refractivity (Wildman–Crippen MR) is 72.7 cm³/mol. The predicted octanol–water partition coefficient (Wildman–Crippen LogP) is 0.884. The molecule has 0 bridgehead atoms. The van der Waals surface area contributed by atoms with Gasteiger partial charge in [-0.2, -0.15) is 0 Å². The molecular weight excluding hydrogens is 232 g/mol. The first-order valence-electron chi connectivity index (χ1n) is 6.50. The Labute approximate surface area is 111 Å². The van der Waals surface area contributed by atoms with Gasteiger partial charge in [-0.1, -0.05) is 0 Å². The summed E-state index contributed by atoms with van der Waals surface area (Å²) in [6, 6.07) is 1.66. The normalized spacial score (nSPS) is 25.3. The number of ether oxygens (including phenoxy) is 2. The molecule has 0 radical (unpaired) electrons. The Morgan fingerprint density at radius 2 is 1.89 bits per heavy atom. The average molecular weight is 260 g/mol. The van der Waals surface area contributed by atoms with Gasteiger partial charge in [-0.05, 0) is 32.2 Å². The summed E-state index contributed by atoms with van der Waals surface area (Å²) < 4.78 is 9.44. The van der Waals surface area contributed by atoms with Gasteiger partial charge < -0.3 is 14.8 Å². The fourth-order valence-corrected chi connectivity index (χ4v) is 2.57. The van der Waals surface area contributed by atoms with Crippen molar-refractivity contribution in [2.45, 2.75) is 37.8 Å². The Morgan fingerprint density at radius 3 is 2.39 bits per heavy atom. The second-order valence-corrected chi connectivity index (χ2v) is 4.54. The van der Waals surface area contributed by atoms with E-state index < -0.39 is 0 Å². The van der Waals surface area contributed by atoms with Crippen LogP contribution in [0.4, 0.5) is 0 Å². The third kappa shape index (κ3) is 6.33. The van der Waals surface area contributed by atoms with E-state index in [1.807, 2.05) is 7.11 Å². The summed E-state index contributed by atoms with van der Waals surface area (Å²) in [5.74, 6) is 0. The monoisotopic (exact) mass is 260 g/mol. The molecule has 2 saturated heterocycles. The summed E-state index contributed by atoms with van der Waals surface area (Å²) in [4.78, 5) is 11.7. The van der Waals surface area contributed by atoms with Crippen LogP contribution in [0.1, 0.15) is 25.7 Å². The maximum absolute atomic E-state index is 9.06. The highest BCUT2D eigenvalue weighted by molar-refractivity contribution is 5.44. The molecule has 2 atom stereocenters. The Kier molecular flexibility index (Phi) is 11.0. The van der Waals surface area contributed by atoms with Crippen LogP contribution >= 0.6 is 0 Å². The van der Waals surface area contributed by atoms with Crippen LogP contribution in [0.5, 0.6) is 0 Å². The van der Waals surface area contributed by atoms with Crippen molar-refractivity contribution in [2.75, 3.05) is 41.5 Å². The number of hydrogen-bond acceptors (Lipinski definition) is 4. The third-order valence-corrected chi connectivity index (χ3v) is 3.20. The quantitative estimate of drug-likeness (QED) is 0.766. The zero-order chi connectivity index (χ0) is 13.8. The number of fused-ring (bicyclic) bond motifs is 1. The summed E-state index contributed by atoms with van der Waals surface area (Å²) in [6.07, 6.45) is 6.23. The summed E-state index contributed by atoms with van der Waals surface area (Å²) >= 11 is 0. The minimum Gasteiger partial charge on any atom is -0.388 e. The molecule has 0 aromatic rings. The maximum atomic E-state index is 9.06. The Morgan fingerprint density at radius 1 is 1.28 bits per heavy atom. The van der Waals surface area contributed by atoms with E-state index in [4.69, 9.17) is 9.53 Å². The molecule has 18 heavy (non-hydrogen) atoms. The zero-order valence-corrected chi connectivity index (χ0v) is 12.1. The van der Waals surface area contributed by atoms with E-state index in [0.29, 0.717) is 6.41 Å². The molecule has 2 aliphatic rings. The highest BCUT2D eigenvalue weighted by Gasteiger charge is 2.35. The van der Waals surface area contributed by atoms with Crippen molar-refractivity contribution in [3.8, 4) is 0 Å². The van der Waals surface area contributed by atoms with Crippen molar-refractivity contribution >= 4 is 6.41 Å². The minimum absolute atomic E-state index is 0.625. The molecule has 5 heteroatoms. The van der Waals surface area contributed by atoms with Crippen LogP contribution in [0, 0.1) is 0 Å². The molecule has 0 aromatic heterocycles. The minimum atomic E-state index is 0.625. The Balaban J connectivity index is 0.000000351. The fourth-order valence-electron chi connectivity index (χ4n) is 2.57. The average Bonchev–Trinajstić information content (AvgIpc) is 2.96. The van der Waals surface area contributed by atoms with Gasteiger partial charge in [0.25, 0.3) is 0 Å². The molecule has 0 spiro atoms. The molecule has 0 aliphatic carbocycles. The van der Waals surface area contributed by atoms with Crippen LogP contribution in [0.2, 0.25) is 0 Å². The van der Waals surface area contributed by atoms with Crippen LogP contribution in [-0.4, -0.2) is 64.9 Å². The molecule has 2 unspecified atom stereocenters. The highest BCUT2D eigenvalue weighted by atomic mass is 16.5. The number of amides is 1. The number of carbonyl (C=O) groups is 1. The SMILES string of the molecule is CNC=O.COC.COCC1CCC2CCCN21. The molecule has 108 valence electrons. The molecule has 0 saturated carbocycles. The zero-order valence-electron chi connectivity index (χ0n) is 12.1. The third-order valence-electron chi connectivity index (χ3n) is 3.20. The van der Waals surface area contributed by atoms with Crippen molar-refractivity contribution in [2.24, 2.45) is 0 Å². The maximum Gasteiger partial charge on any atom is 0.206 e. The number of methoxy groups -OCH3 is 2. The number of rotatable bonds is 3. The molecule has 2 aliphatic heterocycles. The van der Waals surface area contributed by atoms with E-state index in [2.05, 4.69) is 15.0 Å². The van der Waals surface area contributed by atoms with Crippen LogP contribution in [0.25, 0.3) is 0 Å². The number of nitrogens with zero attached hydrogens (tertiary/aromatic N) is 1. The first-order valence-corrected chi connectivity index (χ1v) is 6.50. The van der Waals surface area contributed by atoms with Gasteiger partial charge in [0.2, 0.25) is 6.41 Å². The van der Waals surface area contributed by atoms with Gasteiger partial charge in [0.15, 0.2) is 0 Å². The first kappa shape index (κ1) is 17.4. The lowest BCUT2D eigenvalue weighted by atomic mass is 10.1. The molecular formula is C13H28N2O3. The Hall–Kier alpha value is -0.650. The fraction of sp³-hybridized carbons (Fsp3) is 0.923. The molecule has 2 fully saturated rings. The number of nitrogens with one attached hydrogen (secondary N) is 1. The lowest BCUT2D eigenvalue weighted by molar-refractivity contribution is -0.109. The standard InChI is InChI=1S/C9H17NO.C2H5NO.C2H6O/c1-11-7-9-5-4-8-3-2-6-10(8)9;1-3-2-4;1-3-2/h8-9H,2-7H2,1H3;2H,1H3,(H,3,4);1-2H3. The van der Waals surface area contributed by atoms with Gasteiger partial charge in [0.05, 0.1) is 6.61 Å². The molecule has 1 N–H and O–H groups in total. The summed E-state index contributed by atoms with van der Waals surface area (Å²) in [6.45, 7) is 2.26. The first-order chi connectivity index (χ1) is 8.74. The van der Waals surface area contributed by atoms with Crippen LogP contribution in [0.15, 0.2) is 0 Å². The molecule has 2 rings (SSSR count). The van der Waals surface area contributed by atoms with E-state index >= 15 is 0 Å². The second-order valence-electron chi connectivity index (χ2n) is 4.54. The summed E-state index contributed by atoms with van der Waals surface area (Å²) in [5, 5.41) is 2.25. The van der Waals surface area contributed by atoms with Crippen molar-refractivity contribution in [3.63, 3.8) is 0 Å². The lowest BCUT2D eigenvalue weighted by Crippen LogP contribution is -2.34. The molecule has 0 aromatic carbocycles. The number of carbonyl (C=O) groups excluding carboxylic acids is 1. The molecule has 5 nitrogen and oxygen atoms in total. The lowest BCUT2D eigenvalue weighted by Gasteiger charge is -2.22. The largest absolute Gasteiger partial charge is 0.388 e. The molecule has 2 heterocycles. The van der Waals surface area contributed by atoms with Gasteiger partial charge in [0.1, 0.15) is 0 Å². The smallest absolute Gasteiger partial charge is 0.206 e. The van der Waals surface area contributed by atoms with Gasteiger partial charge in [0, 0.05) is 40.5 Å². The van der Waals surface area contributed by atoms with Gasteiger partial charge >= 0.3 is 0 Å². The van der Waals surface area contributed by atoms with Gasteiger partial charge in [-0.3, -0.25) is 9.69 Å². The van der Waals surface area contributed by atoms with Crippen molar-refractivity contribution in [3.05, 3.63) is 0 Å². The van der Waals surface area contributed by atoms with E-state index in [-0.39, 0.29) is 0 Å². The second kappa shape index (κ2) is 11.4. The van der Waals surface area contributed by atoms with Crippen molar-refractivity contribution in [1.29, 1.82) is 0 Å². The summed E-state index contributed by atoms with van der Waals surface area (Å²) in [5.41, 5.74) is 0. The molecule has 1 amide bonds. The highest BCUT2D eigenvalue weighted by Crippen LogP contribution is 2.32.